The maximum absolute atomic E-state index is 12.3. The standard InChI is InChI=1S/C14H9ClO2/c15-8-5-6-11-12(7-8)14(17)10-4-2-1-3-9(10)13(11)16/h1-7,9-10H/t9-,10+/m0/s1. The summed E-state index contributed by atoms with van der Waals surface area (Å²) in [6.07, 6.45) is 7.20. The first-order chi connectivity index (χ1) is 8.18. The summed E-state index contributed by atoms with van der Waals surface area (Å²) in [7, 11) is 0. The van der Waals surface area contributed by atoms with E-state index in [1.54, 1.807) is 30.4 Å². The third-order valence-corrected chi connectivity index (χ3v) is 3.49. The van der Waals surface area contributed by atoms with Crippen molar-refractivity contribution >= 4 is 23.2 Å². The highest BCUT2D eigenvalue weighted by atomic mass is 35.5. The quantitative estimate of drug-likeness (QED) is 0.703. The smallest absolute Gasteiger partial charge is 0.171 e. The van der Waals surface area contributed by atoms with E-state index in [2.05, 4.69) is 0 Å². The highest BCUT2D eigenvalue weighted by molar-refractivity contribution is 6.31. The van der Waals surface area contributed by atoms with Crippen molar-refractivity contribution in [3.8, 4) is 0 Å². The molecule has 0 fully saturated rings. The lowest BCUT2D eigenvalue weighted by Gasteiger charge is -2.28. The fourth-order valence-corrected chi connectivity index (χ4v) is 2.57. The topological polar surface area (TPSA) is 34.1 Å². The van der Waals surface area contributed by atoms with Gasteiger partial charge in [0.2, 0.25) is 0 Å². The van der Waals surface area contributed by atoms with Gasteiger partial charge < -0.3 is 0 Å². The number of hydrogen-bond acceptors (Lipinski definition) is 2. The lowest BCUT2D eigenvalue weighted by molar-refractivity contribution is 0.0801. The fourth-order valence-electron chi connectivity index (χ4n) is 2.40. The SMILES string of the molecule is O=C1c2ccc(Cl)cc2C(=O)[C@@H]2C=CC=C[C@H]12. The van der Waals surface area contributed by atoms with E-state index in [4.69, 9.17) is 11.6 Å². The molecule has 2 atom stereocenters. The van der Waals surface area contributed by atoms with Gasteiger partial charge >= 0.3 is 0 Å². The molecule has 0 aromatic heterocycles. The summed E-state index contributed by atoms with van der Waals surface area (Å²) in [5.74, 6) is -0.728. The summed E-state index contributed by atoms with van der Waals surface area (Å²) in [5, 5.41) is 0.485. The second kappa shape index (κ2) is 3.67. The van der Waals surface area contributed by atoms with Crippen molar-refractivity contribution in [2.45, 2.75) is 0 Å². The van der Waals surface area contributed by atoms with E-state index < -0.39 is 0 Å². The molecule has 0 saturated carbocycles. The minimum Gasteiger partial charge on any atom is -0.293 e. The number of allylic oxidation sites excluding steroid dienone is 4. The Labute approximate surface area is 104 Å². The second-order valence-corrected chi connectivity index (χ2v) is 4.68. The first-order valence-electron chi connectivity index (χ1n) is 5.41. The summed E-state index contributed by atoms with van der Waals surface area (Å²) in [4.78, 5) is 24.5. The van der Waals surface area contributed by atoms with Crippen LogP contribution in [0.5, 0.6) is 0 Å². The van der Waals surface area contributed by atoms with Gasteiger partial charge in [0.1, 0.15) is 0 Å². The minimum atomic E-state index is -0.363. The molecule has 3 heteroatoms. The Morgan fingerprint density at radius 3 is 2.12 bits per heavy atom. The zero-order valence-corrected chi connectivity index (χ0v) is 9.65. The van der Waals surface area contributed by atoms with E-state index >= 15 is 0 Å². The summed E-state index contributed by atoms with van der Waals surface area (Å²) >= 11 is 5.87. The van der Waals surface area contributed by atoms with E-state index in [9.17, 15) is 9.59 Å². The van der Waals surface area contributed by atoms with Crippen molar-refractivity contribution < 1.29 is 9.59 Å². The Balaban J connectivity index is 2.21. The third-order valence-electron chi connectivity index (χ3n) is 3.25. The van der Waals surface area contributed by atoms with Gasteiger partial charge in [0.05, 0.1) is 11.8 Å². The predicted molar refractivity (Wildman–Crippen MR) is 65.4 cm³/mol. The van der Waals surface area contributed by atoms with E-state index in [1.807, 2.05) is 12.2 Å². The number of fused-ring (bicyclic) bond motifs is 2. The maximum atomic E-state index is 12.3. The number of hydrogen-bond donors (Lipinski definition) is 0. The Morgan fingerprint density at radius 1 is 0.882 bits per heavy atom. The van der Waals surface area contributed by atoms with Crippen LogP contribution in [-0.4, -0.2) is 11.6 Å². The van der Waals surface area contributed by atoms with Gasteiger partial charge in [0.15, 0.2) is 11.6 Å². The zero-order valence-electron chi connectivity index (χ0n) is 8.89. The molecule has 17 heavy (non-hydrogen) atoms. The number of rotatable bonds is 0. The summed E-state index contributed by atoms with van der Waals surface area (Å²) in [6, 6.07) is 4.87. The molecule has 84 valence electrons. The first-order valence-corrected chi connectivity index (χ1v) is 5.79. The van der Waals surface area contributed by atoms with E-state index in [-0.39, 0.29) is 23.4 Å². The molecule has 0 bridgehead atoms. The van der Waals surface area contributed by atoms with E-state index in [1.165, 1.54) is 0 Å². The van der Waals surface area contributed by atoms with Crippen LogP contribution in [0.25, 0.3) is 0 Å². The molecule has 1 aromatic carbocycles. The summed E-state index contributed by atoms with van der Waals surface area (Å²) < 4.78 is 0. The molecule has 0 amide bonds. The van der Waals surface area contributed by atoms with Crippen LogP contribution in [0.3, 0.4) is 0 Å². The minimum absolute atomic E-state index is 0.00173. The van der Waals surface area contributed by atoms with Crippen molar-refractivity contribution in [1.82, 2.24) is 0 Å². The van der Waals surface area contributed by atoms with Crippen LogP contribution in [0.1, 0.15) is 20.7 Å². The molecule has 0 aliphatic heterocycles. The third kappa shape index (κ3) is 1.48. The molecule has 0 unspecified atom stereocenters. The molecule has 3 rings (SSSR count). The number of carbonyl (C=O) groups excluding carboxylic acids is 2. The molecule has 0 N–H and O–H groups in total. The van der Waals surface area contributed by atoms with Gasteiger partial charge in [-0.05, 0) is 18.2 Å². The Bertz CT molecular complexity index is 584. The van der Waals surface area contributed by atoms with Crippen LogP contribution in [0.15, 0.2) is 42.5 Å². The lowest BCUT2D eigenvalue weighted by atomic mass is 9.72. The van der Waals surface area contributed by atoms with Crippen molar-refractivity contribution in [3.05, 3.63) is 58.7 Å². The molecular formula is C14H9ClO2. The van der Waals surface area contributed by atoms with Gasteiger partial charge in [0.25, 0.3) is 0 Å². The van der Waals surface area contributed by atoms with Crippen molar-refractivity contribution in [2.24, 2.45) is 11.8 Å². The normalized spacial score (nSPS) is 25.7. The van der Waals surface area contributed by atoms with Gasteiger partial charge in [-0.15, -0.1) is 0 Å². The Kier molecular flexibility index (Phi) is 2.26. The molecule has 0 saturated heterocycles. The van der Waals surface area contributed by atoms with Gasteiger partial charge in [-0.3, -0.25) is 9.59 Å². The number of carbonyl (C=O) groups is 2. The summed E-state index contributed by atoms with van der Waals surface area (Å²) in [6.45, 7) is 0. The lowest BCUT2D eigenvalue weighted by Crippen LogP contribution is -2.35. The van der Waals surface area contributed by atoms with E-state index in [0.717, 1.165) is 0 Å². The average Bonchev–Trinajstić information content (AvgIpc) is 2.36. The Hall–Kier alpha value is -1.67. The number of halogens is 1. The zero-order chi connectivity index (χ0) is 12.0. The predicted octanol–water partition coefficient (Wildman–Crippen LogP) is 3.08. The van der Waals surface area contributed by atoms with E-state index in [0.29, 0.717) is 16.1 Å². The molecule has 0 heterocycles. The van der Waals surface area contributed by atoms with Gasteiger partial charge in [-0.2, -0.15) is 0 Å². The van der Waals surface area contributed by atoms with Crippen molar-refractivity contribution in [1.29, 1.82) is 0 Å². The molecule has 0 radical (unpaired) electrons. The van der Waals surface area contributed by atoms with Crippen LogP contribution in [0, 0.1) is 11.8 Å². The number of Topliss-reactive ketones (excluding diaryl/α,β-unsaturated/α-hetero) is 2. The molecule has 0 spiro atoms. The monoisotopic (exact) mass is 244 g/mol. The number of benzene rings is 1. The summed E-state index contributed by atoms with van der Waals surface area (Å²) in [5.41, 5.74) is 0.935. The van der Waals surface area contributed by atoms with Crippen LogP contribution in [-0.2, 0) is 0 Å². The second-order valence-electron chi connectivity index (χ2n) is 4.24. The maximum Gasteiger partial charge on any atom is 0.171 e. The van der Waals surface area contributed by atoms with Gasteiger partial charge in [-0.1, -0.05) is 35.9 Å². The largest absolute Gasteiger partial charge is 0.293 e. The fraction of sp³-hybridized carbons (Fsp3) is 0.143. The van der Waals surface area contributed by atoms with Gasteiger partial charge in [-0.25, -0.2) is 0 Å². The van der Waals surface area contributed by atoms with Crippen LogP contribution < -0.4 is 0 Å². The van der Waals surface area contributed by atoms with Crippen molar-refractivity contribution in [2.75, 3.05) is 0 Å². The van der Waals surface area contributed by atoms with Crippen LogP contribution in [0.4, 0.5) is 0 Å². The van der Waals surface area contributed by atoms with Gasteiger partial charge in [0, 0.05) is 16.1 Å². The molecule has 2 aliphatic carbocycles. The molecule has 1 aromatic rings. The van der Waals surface area contributed by atoms with Crippen LogP contribution >= 0.6 is 11.6 Å². The molecule has 2 nitrogen and oxygen atoms in total. The first kappa shape index (κ1) is 10.5. The van der Waals surface area contributed by atoms with Crippen molar-refractivity contribution in [3.63, 3.8) is 0 Å². The average molecular weight is 245 g/mol. The van der Waals surface area contributed by atoms with Crippen LogP contribution in [0.2, 0.25) is 5.02 Å². The molecule has 2 aliphatic rings. The Morgan fingerprint density at radius 2 is 1.47 bits per heavy atom. The molecular weight excluding hydrogens is 236 g/mol. The highest BCUT2D eigenvalue weighted by Gasteiger charge is 2.39. The number of ketones is 2. The highest BCUT2D eigenvalue weighted by Crippen LogP contribution is 2.34.